The van der Waals surface area contributed by atoms with E-state index in [0.717, 1.165) is 34.5 Å². The molecule has 1 saturated carbocycles. The zero-order valence-electron chi connectivity index (χ0n) is 15.6. The van der Waals surface area contributed by atoms with Crippen LogP contribution in [-0.2, 0) is 19.5 Å². The topological polar surface area (TPSA) is 66.0 Å². The van der Waals surface area contributed by atoms with Crippen LogP contribution in [0.1, 0.15) is 37.9 Å². The van der Waals surface area contributed by atoms with Crippen LogP contribution in [0.4, 0.5) is 8.78 Å². The summed E-state index contributed by atoms with van der Waals surface area (Å²) in [6, 6.07) is 1.10. The molecule has 0 radical (unpaired) electrons. The first kappa shape index (κ1) is 20.0. The summed E-state index contributed by atoms with van der Waals surface area (Å²) < 4.78 is 30.5. The van der Waals surface area contributed by atoms with E-state index in [4.69, 9.17) is 0 Å². The van der Waals surface area contributed by atoms with Crippen LogP contribution in [0.3, 0.4) is 0 Å². The maximum atomic E-state index is 14.0. The van der Waals surface area contributed by atoms with Gasteiger partial charge in [0.25, 0.3) is 5.56 Å². The Labute approximate surface area is 160 Å². The highest BCUT2D eigenvalue weighted by Gasteiger charge is 2.24. The van der Waals surface area contributed by atoms with Crippen molar-refractivity contribution in [2.75, 3.05) is 0 Å². The molecule has 0 saturated heterocycles. The quantitative estimate of drug-likeness (QED) is 0.618. The Kier molecular flexibility index (Phi) is 5.76. The first-order valence-corrected chi connectivity index (χ1v) is 9.32. The molecule has 0 N–H and O–H groups in total. The van der Waals surface area contributed by atoms with Gasteiger partial charge in [-0.2, -0.15) is 8.78 Å². The van der Waals surface area contributed by atoms with Gasteiger partial charge in [0.15, 0.2) is 5.43 Å². The highest BCUT2D eigenvalue weighted by atomic mass is 19.3. The van der Waals surface area contributed by atoms with Crippen molar-refractivity contribution < 1.29 is 8.78 Å². The second kappa shape index (κ2) is 8.08. The highest BCUT2D eigenvalue weighted by molar-refractivity contribution is 5.75. The largest absolute Gasteiger partial charge is 0.333 e. The normalized spacial score (nSPS) is 14.0. The van der Waals surface area contributed by atoms with E-state index in [0.29, 0.717) is 16.9 Å². The number of rotatable bonds is 9. The van der Waals surface area contributed by atoms with Gasteiger partial charge in [-0.3, -0.25) is 23.3 Å². The Hall–Kier alpha value is -2.77. The van der Waals surface area contributed by atoms with E-state index >= 15 is 0 Å². The highest BCUT2D eigenvalue weighted by Crippen LogP contribution is 2.34. The van der Waals surface area contributed by atoms with Gasteiger partial charge in [0.05, 0.1) is 0 Å². The first-order chi connectivity index (χ1) is 13.4. The number of allylic oxidation sites excluding steroid dienone is 2. The molecule has 2 heterocycles. The predicted octanol–water partition coefficient (Wildman–Crippen LogP) is 2.82. The van der Waals surface area contributed by atoms with E-state index in [9.17, 15) is 23.2 Å². The van der Waals surface area contributed by atoms with Gasteiger partial charge in [0, 0.05) is 24.8 Å². The fraction of sp³-hybridized carbons (Fsp3) is 0.450. The van der Waals surface area contributed by atoms with Gasteiger partial charge in [-0.1, -0.05) is 31.4 Å². The Morgan fingerprint density at radius 2 is 1.75 bits per heavy atom. The molecule has 8 heteroatoms. The van der Waals surface area contributed by atoms with E-state index < -0.39 is 28.6 Å². The Bertz CT molecular complexity index is 1090. The minimum atomic E-state index is -3.00. The van der Waals surface area contributed by atoms with Crippen LogP contribution in [0, 0.1) is 5.92 Å². The minimum Gasteiger partial charge on any atom is -0.289 e. The lowest BCUT2D eigenvalue weighted by Crippen LogP contribution is -2.43. The van der Waals surface area contributed by atoms with Crippen molar-refractivity contribution in [1.29, 1.82) is 0 Å². The maximum Gasteiger partial charge on any atom is 0.333 e. The number of pyridine rings is 1. The minimum absolute atomic E-state index is 0.107. The predicted molar refractivity (Wildman–Crippen MR) is 104 cm³/mol. The summed E-state index contributed by atoms with van der Waals surface area (Å²) >= 11 is 0. The second-order valence-corrected chi connectivity index (χ2v) is 7.07. The van der Waals surface area contributed by atoms with Crippen LogP contribution in [0.2, 0.25) is 0 Å². The number of halogens is 2. The molecule has 0 spiro atoms. The van der Waals surface area contributed by atoms with Crippen LogP contribution >= 0.6 is 0 Å². The van der Waals surface area contributed by atoms with E-state index in [1.165, 1.54) is 12.2 Å². The molecule has 0 unspecified atom stereocenters. The third kappa shape index (κ3) is 3.63. The SMILES string of the molecule is C=CCn1c(=O)c2c(=O)cc(CCCC3CC3)n(C(F)F)c2n(CC=C)c1=O. The fourth-order valence-corrected chi connectivity index (χ4v) is 3.56. The van der Waals surface area contributed by atoms with Crippen LogP contribution in [0.25, 0.3) is 11.0 Å². The van der Waals surface area contributed by atoms with E-state index in [1.807, 2.05) is 0 Å². The number of hydrogen-bond donors (Lipinski definition) is 0. The van der Waals surface area contributed by atoms with Gasteiger partial charge in [-0.15, -0.1) is 13.2 Å². The lowest BCUT2D eigenvalue weighted by molar-refractivity contribution is 0.0701. The molecule has 1 fully saturated rings. The Morgan fingerprint density at radius 1 is 1.11 bits per heavy atom. The van der Waals surface area contributed by atoms with E-state index in [1.54, 1.807) is 0 Å². The van der Waals surface area contributed by atoms with Crippen LogP contribution in [0.5, 0.6) is 0 Å². The zero-order chi connectivity index (χ0) is 20.4. The van der Waals surface area contributed by atoms with Gasteiger partial charge < -0.3 is 0 Å². The molecule has 0 aromatic carbocycles. The smallest absolute Gasteiger partial charge is 0.289 e. The molecule has 6 nitrogen and oxygen atoms in total. The van der Waals surface area contributed by atoms with Crippen molar-refractivity contribution >= 4 is 11.0 Å². The van der Waals surface area contributed by atoms with E-state index in [2.05, 4.69) is 13.2 Å². The van der Waals surface area contributed by atoms with Crippen molar-refractivity contribution in [2.24, 2.45) is 5.92 Å². The number of fused-ring (bicyclic) bond motifs is 1. The van der Waals surface area contributed by atoms with E-state index in [-0.39, 0.29) is 30.9 Å². The monoisotopic (exact) mass is 391 g/mol. The summed E-state index contributed by atoms with van der Waals surface area (Å²) in [7, 11) is 0. The number of nitrogens with zero attached hydrogens (tertiary/aromatic N) is 3. The van der Waals surface area contributed by atoms with Crippen molar-refractivity contribution in [3.63, 3.8) is 0 Å². The summed E-state index contributed by atoms with van der Waals surface area (Å²) in [5, 5.41) is -0.422. The van der Waals surface area contributed by atoms with Crippen molar-refractivity contribution in [3.05, 3.63) is 68.1 Å². The van der Waals surface area contributed by atoms with Gasteiger partial charge in [-0.05, 0) is 18.8 Å². The summed E-state index contributed by atoms with van der Waals surface area (Å²) in [6.07, 6.45) is 6.87. The summed E-state index contributed by atoms with van der Waals surface area (Å²) in [5.74, 6) is 0.636. The van der Waals surface area contributed by atoms with Crippen molar-refractivity contribution in [1.82, 2.24) is 13.7 Å². The van der Waals surface area contributed by atoms with Gasteiger partial charge >= 0.3 is 12.2 Å². The lowest BCUT2D eigenvalue weighted by Gasteiger charge is -2.20. The second-order valence-electron chi connectivity index (χ2n) is 7.07. The average Bonchev–Trinajstić information content (AvgIpc) is 3.45. The molecule has 0 aliphatic heterocycles. The zero-order valence-corrected chi connectivity index (χ0v) is 15.6. The van der Waals surface area contributed by atoms with Crippen LogP contribution in [-0.4, -0.2) is 13.7 Å². The number of aromatic nitrogens is 3. The number of aryl methyl sites for hydroxylation is 1. The first-order valence-electron chi connectivity index (χ1n) is 9.32. The molecule has 0 bridgehead atoms. The average molecular weight is 391 g/mol. The third-order valence-corrected chi connectivity index (χ3v) is 5.04. The molecular weight excluding hydrogens is 368 g/mol. The van der Waals surface area contributed by atoms with Gasteiger partial charge in [0.1, 0.15) is 11.0 Å². The maximum absolute atomic E-state index is 14.0. The molecule has 2 aromatic rings. The molecule has 0 atom stereocenters. The van der Waals surface area contributed by atoms with Gasteiger partial charge in [0.2, 0.25) is 0 Å². The molecule has 3 rings (SSSR count). The standard InChI is InChI=1S/C20H23F2N3O3/c1-3-10-23-17-16(18(27)24(11-4-2)20(23)28)15(26)12-14(25(17)19(21)22)7-5-6-13-8-9-13/h3-4,12-13,19H,1-2,5-11H2. The Balaban J connectivity index is 2.33. The van der Waals surface area contributed by atoms with Gasteiger partial charge in [-0.25, -0.2) is 4.79 Å². The fourth-order valence-electron chi connectivity index (χ4n) is 3.56. The molecule has 0 amide bonds. The summed E-state index contributed by atoms with van der Waals surface area (Å²) in [5.41, 5.74) is -2.54. The van der Waals surface area contributed by atoms with Crippen LogP contribution < -0.4 is 16.7 Å². The van der Waals surface area contributed by atoms with Crippen molar-refractivity contribution in [2.45, 2.75) is 51.7 Å². The Morgan fingerprint density at radius 3 is 2.32 bits per heavy atom. The summed E-state index contributed by atoms with van der Waals surface area (Å²) in [6.45, 7) is 3.83. The van der Waals surface area contributed by atoms with Crippen molar-refractivity contribution in [3.8, 4) is 0 Å². The molecule has 1 aliphatic rings. The molecule has 28 heavy (non-hydrogen) atoms. The number of hydrogen-bond acceptors (Lipinski definition) is 3. The molecule has 2 aromatic heterocycles. The molecular formula is C20H23F2N3O3. The third-order valence-electron chi connectivity index (χ3n) is 5.04. The van der Waals surface area contributed by atoms with Crippen LogP contribution in [0.15, 0.2) is 45.8 Å². The number of alkyl halides is 2. The summed E-state index contributed by atoms with van der Waals surface area (Å²) in [4.78, 5) is 38.2. The lowest BCUT2D eigenvalue weighted by atomic mass is 10.1. The molecule has 1 aliphatic carbocycles. The molecule has 150 valence electrons.